The maximum absolute atomic E-state index is 12.7. The first-order valence-corrected chi connectivity index (χ1v) is 10.5. The van der Waals surface area contributed by atoms with E-state index >= 15 is 0 Å². The average molecular weight is 395 g/mol. The van der Waals surface area contributed by atoms with Crippen molar-refractivity contribution in [2.45, 2.75) is 66.3 Å². The highest BCUT2D eigenvalue weighted by molar-refractivity contribution is 6.06. The first-order valence-electron chi connectivity index (χ1n) is 10.5. The van der Waals surface area contributed by atoms with Gasteiger partial charge in [-0.1, -0.05) is 39.8 Å². The zero-order valence-corrected chi connectivity index (χ0v) is 18.6. The van der Waals surface area contributed by atoms with E-state index in [9.17, 15) is 9.59 Å². The molecule has 4 heteroatoms. The lowest BCUT2D eigenvalue weighted by Crippen LogP contribution is -2.29. The quantitative estimate of drug-likeness (QED) is 0.474. The number of benzene rings is 2. The van der Waals surface area contributed by atoms with Crippen LogP contribution in [-0.2, 0) is 0 Å². The second-order valence-electron chi connectivity index (χ2n) is 8.57. The molecule has 1 amide bonds. The number of carbonyl (C=O) groups is 2. The number of Topliss-reactive ketones (excluding diaryl/α,β-unsaturated/α-hetero) is 1. The Bertz CT molecular complexity index is 832. The molecule has 0 atom stereocenters. The Morgan fingerprint density at radius 1 is 0.724 bits per heavy atom. The van der Waals surface area contributed by atoms with Crippen LogP contribution in [0.1, 0.15) is 81.5 Å². The minimum Gasteiger partial charge on any atom is -0.380 e. The van der Waals surface area contributed by atoms with E-state index in [1.54, 1.807) is 24.3 Å². The molecule has 0 heterocycles. The van der Waals surface area contributed by atoms with E-state index in [-0.39, 0.29) is 22.6 Å². The Hall–Kier alpha value is -2.62. The van der Waals surface area contributed by atoms with Crippen LogP contribution in [0.15, 0.2) is 48.5 Å². The molecule has 29 heavy (non-hydrogen) atoms. The SMILES string of the molecule is CCC(C)(C)Nc1ccc(NC(=O)c2ccc(C(=O)C(C)(CC)CC)cc2)cc1. The maximum Gasteiger partial charge on any atom is 0.255 e. The molecule has 0 unspecified atom stereocenters. The Labute approximate surface area is 175 Å². The lowest BCUT2D eigenvalue weighted by molar-refractivity contribution is 0.0802. The van der Waals surface area contributed by atoms with Crippen molar-refractivity contribution in [3.63, 3.8) is 0 Å². The third-order valence-electron chi connectivity index (χ3n) is 6.03. The van der Waals surface area contributed by atoms with Crippen LogP contribution < -0.4 is 10.6 Å². The van der Waals surface area contributed by atoms with Crippen molar-refractivity contribution in [3.8, 4) is 0 Å². The van der Waals surface area contributed by atoms with Crippen LogP contribution in [-0.4, -0.2) is 17.2 Å². The fraction of sp³-hybridized carbons (Fsp3) is 0.440. The number of ketones is 1. The minimum atomic E-state index is -0.355. The molecule has 156 valence electrons. The summed E-state index contributed by atoms with van der Waals surface area (Å²) in [5, 5.41) is 6.39. The second-order valence-corrected chi connectivity index (χ2v) is 8.57. The highest BCUT2D eigenvalue weighted by Crippen LogP contribution is 2.30. The smallest absolute Gasteiger partial charge is 0.255 e. The monoisotopic (exact) mass is 394 g/mol. The molecule has 0 fully saturated rings. The van der Waals surface area contributed by atoms with Crippen LogP contribution in [0.25, 0.3) is 0 Å². The molecule has 0 aromatic heterocycles. The zero-order chi connectivity index (χ0) is 21.7. The molecule has 2 rings (SSSR count). The van der Waals surface area contributed by atoms with Gasteiger partial charge in [-0.15, -0.1) is 0 Å². The van der Waals surface area contributed by atoms with Gasteiger partial charge in [0.15, 0.2) is 5.78 Å². The number of anilines is 2. The van der Waals surface area contributed by atoms with Crippen molar-refractivity contribution < 1.29 is 9.59 Å². The van der Waals surface area contributed by atoms with E-state index in [4.69, 9.17) is 0 Å². The Morgan fingerprint density at radius 2 is 1.21 bits per heavy atom. The highest BCUT2D eigenvalue weighted by Gasteiger charge is 2.30. The van der Waals surface area contributed by atoms with Crippen LogP contribution >= 0.6 is 0 Å². The lowest BCUT2D eigenvalue weighted by atomic mass is 9.77. The van der Waals surface area contributed by atoms with E-state index in [0.717, 1.165) is 30.6 Å². The molecule has 0 spiro atoms. The van der Waals surface area contributed by atoms with Crippen molar-refractivity contribution in [3.05, 3.63) is 59.7 Å². The summed E-state index contributed by atoms with van der Waals surface area (Å²) in [5.74, 6) is -0.0557. The topological polar surface area (TPSA) is 58.2 Å². The van der Waals surface area contributed by atoms with E-state index in [1.165, 1.54) is 0 Å². The molecular weight excluding hydrogens is 360 g/mol. The van der Waals surface area contributed by atoms with Gasteiger partial charge in [-0.25, -0.2) is 0 Å². The molecule has 4 nitrogen and oxygen atoms in total. The van der Waals surface area contributed by atoms with Crippen LogP contribution in [0.3, 0.4) is 0 Å². The van der Waals surface area contributed by atoms with Gasteiger partial charge in [-0.3, -0.25) is 9.59 Å². The standard InChI is InChI=1S/C25H34N2O2/c1-7-24(4,5)27-21-16-14-20(15-17-21)26-23(29)19-12-10-18(11-13-19)22(28)25(6,8-2)9-3/h10-17,27H,7-9H2,1-6H3,(H,26,29). The fourth-order valence-corrected chi connectivity index (χ4v) is 3.01. The van der Waals surface area contributed by atoms with Crippen LogP contribution in [0.5, 0.6) is 0 Å². The number of hydrogen-bond donors (Lipinski definition) is 2. The van der Waals surface area contributed by atoms with Gasteiger partial charge in [0, 0.05) is 33.5 Å². The van der Waals surface area contributed by atoms with Crippen molar-refractivity contribution in [1.29, 1.82) is 0 Å². The van der Waals surface area contributed by atoms with Gasteiger partial charge in [0.1, 0.15) is 0 Å². The molecule has 0 saturated heterocycles. The molecule has 0 aliphatic rings. The van der Waals surface area contributed by atoms with Gasteiger partial charge in [0.05, 0.1) is 0 Å². The minimum absolute atomic E-state index is 0.0234. The van der Waals surface area contributed by atoms with E-state index < -0.39 is 0 Å². The van der Waals surface area contributed by atoms with E-state index in [1.807, 2.05) is 45.0 Å². The van der Waals surface area contributed by atoms with Gasteiger partial charge in [0.25, 0.3) is 5.91 Å². The Balaban J connectivity index is 2.05. The number of hydrogen-bond acceptors (Lipinski definition) is 3. The largest absolute Gasteiger partial charge is 0.380 e. The molecule has 2 aromatic rings. The predicted molar refractivity (Wildman–Crippen MR) is 122 cm³/mol. The maximum atomic E-state index is 12.7. The molecule has 2 aromatic carbocycles. The van der Waals surface area contributed by atoms with Gasteiger partial charge < -0.3 is 10.6 Å². The van der Waals surface area contributed by atoms with Crippen molar-refractivity contribution in [2.24, 2.45) is 5.41 Å². The normalized spacial score (nSPS) is 11.8. The second kappa shape index (κ2) is 9.25. The van der Waals surface area contributed by atoms with Gasteiger partial charge >= 0.3 is 0 Å². The predicted octanol–water partition coefficient (Wildman–Crippen LogP) is 6.55. The lowest BCUT2D eigenvalue weighted by Gasteiger charge is -2.26. The first-order chi connectivity index (χ1) is 13.6. The molecule has 2 N–H and O–H groups in total. The van der Waals surface area contributed by atoms with Crippen LogP contribution in [0, 0.1) is 5.41 Å². The summed E-state index contributed by atoms with van der Waals surface area (Å²) in [6.45, 7) is 12.5. The van der Waals surface area contributed by atoms with Gasteiger partial charge in [-0.2, -0.15) is 0 Å². The third-order valence-corrected chi connectivity index (χ3v) is 6.03. The summed E-state index contributed by atoms with van der Waals surface area (Å²) in [7, 11) is 0. The summed E-state index contributed by atoms with van der Waals surface area (Å²) < 4.78 is 0. The number of carbonyl (C=O) groups excluding carboxylic acids is 2. The molecule has 0 saturated carbocycles. The Morgan fingerprint density at radius 3 is 1.69 bits per heavy atom. The van der Waals surface area contributed by atoms with E-state index in [2.05, 4.69) is 31.4 Å². The summed E-state index contributed by atoms with van der Waals surface area (Å²) in [6, 6.07) is 14.6. The molecule has 0 bridgehead atoms. The van der Waals surface area contributed by atoms with Crippen molar-refractivity contribution >= 4 is 23.1 Å². The zero-order valence-electron chi connectivity index (χ0n) is 18.6. The van der Waals surface area contributed by atoms with Gasteiger partial charge in [-0.05, 0) is 69.5 Å². The summed E-state index contributed by atoms with van der Waals surface area (Å²) in [6.07, 6.45) is 2.61. The van der Waals surface area contributed by atoms with E-state index in [0.29, 0.717) is 11.1 Å². The third kappa shape index (κ3) is 5.69. The summed E-state index contributed by atoms with van der Waals surface area (Å²) in [4.78, 5) is 25.3. The van der Waals surface area contributed by atoms with Gasteiger partial charge in [0.2, 0.25) is 0 Å². The molecule has 0 aliphatic carbocycles. The number of rotatable bonds is 9. The number of amides is 1. The van der Waals surface area contributed by atoms with Crippen molar-refractivity contribution in [2.75, 3.05) is 10.6 Å². The highest BCUT2D eigenvalue weighted by atomic mass is 16.1. The van der Waals surface area contributed by atoms with Crippen LogP contribution in [0.2, 0.25) is 0 Å². The molecule has 0 radical (unpaired) electrons. The first kappa shape index (κ1) is 22.7. The summed E-state index contributed by atoms with van der Waals surface area (Å²) >= 11 is 0. The average Bonchev–Trinajstić information content (AvgIpc) is 2.74. The summed E-state index contributed by atoms with van der Waals surface area (Å²) in [5.41, 5.74) is 2.61. The van der Waals surface area contributed by atoms with Crippen molar-refractivity contribution in [1.82, 2.24) is 0 Å². The number of nitrogens with one attached hydrogen (secondary N) is 2. The van der Waals surface area contributed by atoms with Crippen LogP contribution in [0.4, 0.5) is 11.4 Å². The molecular formula is C25H34N2O2. The Kier molecular flexibility index (Phi) is 7.23. The molecule has 0 aliphatic heterocycles. The fourth-order valence-electron chi connectivity index (χ4n) is 3.01.